The molecule has 1 aliphatic heterocycles. The van der Waals surface area contributed by atoms with Gasteiger partial charge >= 0.3 is 0 Å². The molecule has 98 valence electrons. The van der Waals surface area contributed by atoms with Crippen LogP contribution in [0.3, 0.4) is 0 Å². The molecule has 1 aromatic carbocycles. The molecule has 1 heterocycles. The Morgan fingerprint density at radius 2 is 1.94 bits per heavy atom. The van der Waals surface area contributed by atoms with E-state index >= 15 is 0 Å². The number of rotatable bonds is 3. The normalized spacial score (nSPS) is 16.7. The van der Waals surface area contributed by atoms with Crippen molar-refractivity contribution < 1.29 is 13.9 Å². The number of ether oxygens (including phenoxy) is 1. The number of hydrogen-bond donors (Lipinski definition) is 0. The summed E-state index contributed by atoms with van der Waals surface area (Å²) in [6.45, 7) is 1.33. The van der Waals surface area contributed by atoms with Crippen molar-refractivity contribution in [1.82, 2.24) is 4.90 Å². The molecule has 0 aliphatic carbocycles. The third-order valence-electron chi connectivity index (χ3n) is 3.03. The second-order valence-electron chi connectivity index (χ2n) is 4.29. The van der Waals surface area contributed by atoms with E-state index in [-0.39, 0.29) is 23.7 Å². The lowest BCUT2D eigenvalue weighted by atomic mass is 10.1. The highest BCUT2D eigenvalue weighted by Crippen LogP contribution is 2.19. The Morgan fingerprint density at radius 1 is 1.33 bits per heavy atom. The highest BCUT2D eigenvalue weighted by Gasteiger charge is 2.23. The van der Waals surface area contributed by atoms with Crippen LogP contribution >= 0.6 is 11.6 Å². The molecular formula is C13H15ClFNO2. The second kappa shape index (κ2) is 6.05. The SMILES string of the molecule is O=C(CCl)N1CCC(Oc2ccc(F)cc2)CC1. The first-order valence-electron chi connectivity index (χ1n) is 5.95. The van der Waals surface area contributed by atoms with Gasteiger partial charge in [-0.2, -0.15) is 0 Å². The highest BCUT2D eigenvalue weighted by atomic mass is 35.5. The van der Waals surface area contributed by atoms with Crippen molar-refractivity contribution in [2.75, 3.05) is 19.0 Å². The summed E-state index contributed by atoms with van der Waals surface area (Å²) in [5.41, 5.74) is 0. The van der Waals surface area contributed by atoms with Crippen LogP contribution < -0.4 is 4.74 Å². The number of hydrogen-bond acceptors (Lipinski definition) is 2. The molecule has 0 spiro atoms. The van der Waals surface area contributed by atoms with Crippen molar-refractivity contribution in [3.05, 3.63) is 30.1 Å². The number of halogens is 2. The van der Waals surface area contributed by atoms with Gasteiger partial charge in [0.1, 0.15) is 23.6 Å². The van der Waals surface area contributed by atoms with E-state index in [0.717, 1.165) is 12.8 Å². The lowest BCUT2D eigenvalue weighted by molar-refractivity contribution is -0.130. The van der Waals surface area contributed by atoms with E-state index in [0.29, 0.717) is 18.8 Å². The van der Waals surface area contributed by atoms with E-state index in [1.807, 2.05) is 0 Å². The molecule has 0 saturated carbocycles. The number of carbonyl (C=O) groups excluding carboxylic acids is 1. The molecule has 1 aromatic rings. The van der Waals surface area contributed by atoms with Gasteiger partial charge in [0.2, 0.25) is 5.91 Å². The zero-order chi connectivity index (χ0) is 13.0. The smallest absolute Gasteiger partial charge is 0.237 e. The van der Waals surface area contributed by atoms with Gasteiger partial charge in [0.25, 0.3) is 0 Å². The average Bonchev–Trinajstić information content (AvgIpc) is 2.41. The van der Waals surface area contributed by atoms with Gasteiger partial charge in [-0.1, -0.05) is 0 Å². The fraction of sp³-hybridized carbons (Fsp3) is 0.462. The Hall–Kier alpha value is -1.29. The van der Waals surface area contributed by atoms with Crippen LogP contribution in [0.2, 0.25) is 0 Å². The molecule has 3 nitrogen and oxygen atoms in total. The van der Waals surface area contributed by atoms with Crippen LogP contribution in [0.1, 0.15) is 12.8 Å². The van der Waals surface area contributed by atoms with Crippen LogP contribution in [0.15, 0.2) is 24.3 Å². The van der Waals surface area contributed by atoms with E-state index in [2.05, 4.69) is 0 Å². The third kappa shape index (κ3) is 3.35. The molecule has 0 aromatic heterocycles. The molecule has 1 amide bonds. The predicted molar refractivity (Wildman–Crippen MR) is 67.4 cm³/mol. The Bertz CT molecular complexity index is 402. The van der Waals surface area contributed by atoms with Crippen molar-refractivity contribution in [1.29, 1.82) is 0 Å². The molecule has 0 N–H and O–H groups in total. The van der Waals surface area contributed by atoms with Gasteiger partial charge in [0, 0.05) is 25.9 Å². The third-order valence-corrected chi connectivity index (χ3v) is 3.25. The Labute approximate surface area is 110 Å². The number of amides is 1. The van der Waals surface area contributed by atoms with Crippen molar-refractivity contribution >= 4 is 17.5 Å². The molecule has 0 unspecified atom stereocenters. The van der Waals surface area contributed by atoms with Crippen molar-refractivity contribution in [3.8, 4) is 5.75 Å². The van der Waals surface area contributed by atoms with Gasteiger partial charge in [-0.15, -0.1) is 11.6 Å². The van der Waals surface area contributed by atoms with Crippen LogP contribution in [-0.2, 0) is 4.79 Å². The number of benzene rings is 1. The first-order valence-corrected chi connectivity index (χ1v) is 6.48. The van der Waals surface area contributed by atoms with Crippen molar-refractivity contribution in [2.24, 2.45) is 0 Å². The molecule has 0 radical (unpaired) electrons. The minimum atomic E-state index is -0.273. The first kappa shape index (κ1) is 13.1. The molecule has 1 saturated heterocycles. The molecule has 5 heteroatoms. The largest absolute Gasteiger partial charge is 0.490 e. The number of carbonyl (C=O) groups is 1. The summed E-state index contributed by atoms with van der Waals surface area (Å²) >= 11 is 5.51. The molecular weight excluding hydrogens is 257 g/mol. The lowest BCUT2D eigenvalue weighted by Gasteiger charge is -2.31. The van der Waals surface area contributed by atoms with Crippen LogP contribution in [0.4, 0.5) is 4.39 Å². The maximum Gasteiger partial charge on any atom is 0.237 e. The van der Waals surface area contributed by atoms with Crippen LogP contribution in [-0.4, -0.2) is 35.9 Å². The standard InChI is InChI=1S/C13H15ClFNO2/c14-9-13(17)16-7-5-12(6-8-16)18-11-3-1-10(15)2-4-11/h1-4,12H,5-9H2. The van der Waals surface area contributed by atoms with Crippen LogP contribution in [0.5, 0.6) is 5.75 Å². The highest BCUT2D eigenvalue weighted by molar-refractivity contribution is 6.27. The van der Waals surface area contributed by atoms with Gasteiger partial charge in [0.15, 0.2) is 0 Å². The summed E-state index contributed by atoms with van der Waals surface area (Å²) in [4.78, 5) is 13.1. The number of nitrogens with zero attached hydrogens (tertiary/aromatic N) is 1. The predicted octanol–water partition coefficient (Wildman–Crippen LogP) is 2.43. The summed E-state index contributed by atoms with van der Waals surface area (Å²) in [6, 6.07) is 5.99. The van der Waals surface area contributed by atoms with Crippen LogP contribution in [0.25, 0.3) is 0 Å². The zero-order valence-electron chi connectivity index (χ0n) is 9.94. The molecule has 18 heavy (non-hydrogen) atoms. The van der Waals surface area contributed by atoms with E-state index < -0.39 is 0 Å². The molecule has 1 fully saturated rings. The summed E-state index contributed by atoms with van der Waals surface area (Å²) in [7, 11) is 0. The van der Waals surface area contributed by atoms with Gasteiger partial charge < -0.3 is 9.64 Å². The molecule has 0 bridgehead atoms. The average molecular weight is 272 g/mol. The van der Waals surface area contributed by atoms with E-state index in [1.165, 1.54) is 12.1 Å². The van der Waals surface area contributed by atoms with Gasteiger partial charge in [-0.05, 0) is 24.3 Å². The summed E-state index contributed by atoms with van der Waals surface area (Å²) < 4.78 is 18.5. The number of likely N-dealkylation sites (tertiary alicyclic amines) is 1. The summed E-state index contributed by atoms with van der Waals surface area (Å²) in [5, 5.41) is 0. The minimum absolute atomic E-state index is 0.0306. The Kier molecular flexibility index (Phi) is 4.42. The van der Waals surface area contributed by atoms with Gasteiger partial charge in [0.05, 0.1) is 0 Å². The molecule has 1 aliphatic rings. The summed E-state index contributed by atoms with van der Waals surface area (Å²) in [6.07, 6.45) is 1.63. The summed E-state index contributed by atoms with van der Waals surface area (Å²) in [5.74, 6) is 0.393. The van der Waals surface area contributed by atoms with E-state index in [4.69, 9.17) is 16.3 Å². The number of piperidine rings is 1. The van der Waals surface area contributed by atoms with Crippen molar-refractivity contribution in [2.45, 2.75) is 18.9 Å². The zero-order valence-corrected chi connectivity index (χ0v) is 10.7. The molecule has 0 atom stereocenters. The fourth-order valence-electron chi connectivity index (χ4n) is 2.01. The lowest BCUT2D eigenvalue weighted by Crippen LogP contribution is -2.42. The quantitative estimate of drug-likeness (QED) is 0.791. The van der Waals surface area contributed by atoms with Gasteiger partial charge in [-0.25, -0.2) is 4.39 Å². The second-order valence-corrected chi connectivity index (χ2v) is 4.55. The first-order chi connectivity index (χ1) is 8.69. The Morgan fingerprint density at radius 3 is 2.50 bits per heavy atom. The van der Waals surface area contributed by atoms with Crippen LogP contribution in [0, 0.1) is 5.82 Å². The topological polar surface area (TPSA) is 29.5 Å². The monoisotopic (exact) mass is 271 g/mol. The Balaban J connectivity index is 1.83. The van der Waals surface area contributed by atoms with E-state index in [1.54, 1.807) is 17.0 Å². The number of alkyl halides is 1. The fourth-order valence-corrected chi connectivity index (χ4v) is 2.18. The molecule has 2 rings (SSSR count). The maximum atomic E-state index is 12.7. The van der Waals surface area contributed by atoms with Gasteiger partial charge in [-0.3, -0.25) is 4.79 Å². The van der Waals surface area contributed by atoms with E-state index in [9.17, 15) is 9.18 Å². The minimum Gasteiger partial charge on any atom is -0.490 e. The van der Waals surface area contributed by atoms with Crippen molar-refractivity contribution in [3.63, 3.8) is 0 Å². The maximum absolute atomic E-state index is 12.7.